The molecule has 0 bridgehead atoms. The standard InChI is InChI=1S/C21H25F3N6O3S/c1-29-17(14-4-3-12(25)15(32-2)8-33-14)13(7-28-29)30-18(19(26)31)20(27)34-21(30)10-5-9(22)6-11(23)16(10)24/h5-7,12,14-15,21H,3-4,8,25,27H2,1-2H3,(H2,26,31)/t12-,14+,15+,21?/m1/s1. The van der Waals surface area contributed by atoms with Gasteiger partial charge in [-0.15, -0.1) is 0 Å². The highest BCUT2D eigenvalue weighted by Gasteiger charge is 2.42. The molecule has 34 heavy (non-hydrogen) atoms. The van der Waals surface area contributed by atoms with Crippen LogP contribution < -0.4 is 22.1 Å². The van der Waals surface area contributed by atoms with Crippen LogP contribution in [0.2, 0.25) is 0 Å². The maximum absolute atomic E-state index is 14.8. The Hall–Kier alpha value is -2.74. The van der Waals surface area contributed by atoms with E-state index < -0.39 is 34.8 Å². The fourth-order valence-corrected chi connectivity index (χ4v) is 5.48. The predicted molar refractivity (Wildman–Crippen MR) is 119 cm³/mol. The van der Waals surface area contributed by atoms with Gasteiger partial charge in [0, 0.05) is 31.8 Å². The van der Waals surface area contributed by atoms with Crippen LogP contribution in [-0.4, -0.2) is 41.6 Å². The molecule has 2 aliphatic heterocycles. The smallest absolute Gasteiger partial charge is 0.268 e. The molecule has 13 heteroatoms. The molecule has 1 aromatic heterocycles. The molecule has 1 amide bonds. The van der Waals surface area contributed by atoms with Crippen LogP contribution in [0.25, 0.3) is 0 Å². The van der Waals surface area contributed by atoms with Crippen molar-refractivity contribution in [1.82, 2.24) is 9.78 Å². The van der Waals surface area contributed by atoms with Crippen molar-refractivity contribution in [2.24, 2.45) is 24.2 Å². The number of thioether (sulfide) groups is 1. The number of benzene rings is 1. The topological polar surface area (TPSA) is 135 Å². The summed E-state index contributed by atoms with van der Waals surface area (Å²) < 4.78 is 55.9. The Bertz CT molecular complexity index is 1140. The minimum Gasteiger partial charge on any atom is -0.392 e. The number of carbonyl (C=O) groups is 1. The highest BCUT2D eigenvalue weighted by atomic mass is 32.2. The van der Waals surface area contributed by atoms with Gasteiger partial charge < -0.3 is 31.6 Å². The third-order valence-electron chi connectivity index (χ3n) is 6.00. The van der Waals surface area contributed by atoms with Gasteiger partial charge >= 0.3 is 0 Å². The molecule has 4 atom stereocenters. The Labute approximate surface area is 198 Å². The van der Waals surface area contributed by atoms with Gasteiger partial charge in [-0.05, 0) is 18.9 Å². The number of methoxy groups -OCH3 is 1. The van der Waals surface area contributed by atoms with Crippen LogP contribution >= 0.6 is 11.8 Å². The molecular weight excluding hydrogens is 473 g/mol. The summed E-state index contributed by atoms with van der Waals surface area (Å²) in [6.45, 7) is 0.218. The number of halogens is 3. The van der Waals surface area contributed by atoms with Crippen molar-refractivity contribution in [1.29, 1.82) is 0 Å². The average Bonchev–Trinajstić information content (AvgIpc) is 3.26. The minimum atomic E-state index is -1.36. The lowest BCUT2D eigenvalue weighted by atomic mass is 10.0. The molecule has 9 nitrogen and oxygen atoms in total. The summed E-state index contributed by atoms with van der Waals surface area (Å²) in [7, 11) is 3.23. The van der Waals surface area contributed by atoms with Gasteiger partial charge in [-0.25, -0.2) is 13.2 Å². The highest BCUT2D eigenvalue weighted by molar-refractivity contribution is 8.03. The van der Waals surface area contributed by atoms with Gasteiger partial charge in [0.2, 0.25) is 0 Å². The van der Waals surface area contributed by atoms with Gasteiger partial charge in [-0.2, -0.15) is 5.10 Å². The number of aryl methyl sites for hydroxylation is 1. The predicted octanol–water partition coefficient (Wildman–Crippen LogP) is 1.90. The maximum atomic E-state index is 14.8. The second-order valence-electron chi connectivity index (χ2n) is 8.08. The molecule has 1 fully saturated rings. The number of carbonyl (C=O) groups excluding carboxylic acids is 1. The first-order valence-electron chi connectivity index (χ1n) is 10.5. The molecular formula is C21H25F3N6O3S. The fraction of sp³-hybridized carbons (Fsp3) is 0.429. The van der Waals surface area contributed by atoms with Crippen LogP contribution in [0.15, 0.2) is 29.1 Å². The molecule has 2 aliphatic rings. The highest BCUT2D eigenvalue weighted by Crippen LogP contribution is 2.51. The van der Waals surface area contributed by atoms with Crippen LogP contribution in [0.5, 0.6) is 0 Å². The number of nitrogens with zero attached hydrogens (tertiary/aromatic N) is 3. The van der Waals surface area contributed by atoms with Crippen molar-refractivity contribution < 1.29 is 27.4 Å². The van der Waals surface area contributed by atoms with Gasteiger partial charge in [0.05, 0.1) is 35.3 Å². The molecule has 0 aliphatic carbocycles. The van der Waals surface area contributed by atoms with Crippen LogP contribution in [0.1, 0.15) is 35.6 Å². The van der Waals surface area contributed by atoms with E-state index in [1.54, 1.807) is 18.8 Å². The molecule has 2 aromatic rings. The fourth-order valence-electron chi connectivity index (χ4n) is 4.31. The Kier molecular flexibility index (Phi) is 6.80. The molecule has 1 saturated heterocycles. The van der Waals surface area contributed by atoms with E-state index in [9.17, 15) is 18.0 Å². The van der Waals surface area contributed by atoms with Crippen molar-refractivity contribution in [2.45, 2.75) is 36.5 Å². The van der Waals surface area contributed by atoms with Crippen LogP contribution in [0.4, 0.5) is 18.9 Å². The zero-order chi connectivity index (χ0) is 24.7. The van der Waals surface area contributed by atoms with Crippen molar-refractivity contribution >= 4 is 23.4 Å². The van der Waals surface area contributed by atoms with E-state index in [-0.39, 0.29) is 35.0 Å². The number of amides is 1. The summed E-state index contributed by atoms with van der Waals surface area (Å²) in [6, 6.07) is 1.06. The van der Waals surface area contributed by atoms with Crippen molar-refractivity contribution in [3.8, 4) is 0 Å². The summed E-state index contributed by atoms with van der Waals surface area (Å²) in [5, 5.41) is 3.17. The van der Waals surface area contributed by atoms with E-state index in [0.29, 0.717) is 30.3 Å². The van der Waals surface area contributed by atoms with Gasteiger partial charge in [-0.1, -0.05) is 11.8 Å². The molecule has 0 saturated carbocycles. The Morgan fingerprint density at radius 2 is 2.03 bits per heavy atom. The number of anilines is 1. The first-order valence-corrected chi connectivity index (χ1v) is 11.3. The summed E-state index contributed by atoms with van der Waals surface area (Å²) in [4.78, 5) is 13.7. The molecule has 184 valence electrons. The summed E-state index contributed by atoms with van der Waals surface area (Å²) >= 11 is 0.854. The number of primary amides is 1. The first-order chi connectivity index (χ1) is 16.1. The number of hydrogen-bond donors (Lipinski definition) is 3. The normalized spacial score (nSPS) is 25.6. The number of nitrogens with two attached hydrogens (primary N) is 3. The molecule has 0 spiro atoms. The van der Waals surface area contributed by atoms with Gasteiger partial charge in [0.25, 0.3) is 5.91 Å². The van der Waals surface area contributed by atoms with E-state index in [1.807, 2.05) is 0 Å². The van der Waals surface area contributed by atoms with E-state index >= 15 is 0 Å². The van der Waals surface area contributed by atoms with Crippen LogP contribution in [-0.2, 0) is 21.3 Å². The van der Waals surface area contributed by atoms with Gasteiger partial charge in [0.15, 0.2) is 11.6 Å². The largest absolute Gasteiger partial charge is 0.392 e. The average molecular weight is 499 g/mol. The van der Waals surface area contributed by atoms with E-state index in [1.165, 1.54) is 11.1 Å². The first kappa shape index (κ1) is 24.4. The molecule has 1 aromatic carbocycles. The number of aromatic nitrogens is 2. The number of rotatable bonds is 5. The van der Waals surface area contributed by atoms with E-state index in [0.717, 1.165) is 17.8 Å². The molecule has 6 N–H and O–H groups in total. The molecule has 4 rings (SSSR count). The summed E-state index contributed by atoms with van der Waals surface area (Å²) in [5.74, 6) is -4.48. The zero-order valence-electron chi connectivity index (χ0n) is 18.5. The summed E-state index contributed by atoms with van der Waals surface area (Å²) in [6.07, 6.45) is 1.71. The lowest BCUT2D eigenvalue weighted by Crippen LogP contribution is -2.37. The molecule has 3 heterocycles. The number of hydrogen-bond acceptors (Lipinski definition) is 8. The van der Waals surface area contributed by atoms with Crippen LogP contribution in [0, 0.1) is 17.5 Å². The van der Waals surface area contributed by atoms with E-state index in [4.69, 9.17) is 26.7 Å². The Balaban J connectivity index is 1.82. The molecule has 1 unspecified atom stereocenters. The maximum Gasteiger partial charge on any atom is 0.268 e. The van der Waals surface area contributed by atoms with Gasteiger partial charge in [0.1, 0.15) is 23.0 Å². The Morgan fingerprint density at radius 3 is 2.71 bits per heavy atom. The lowest BCUT2D eigenvalue weighted by molar-refractivity contribution is -0.114. The van der Waals surface area contributed by atoms with Crippen molar-refractivity contribution in [2.75, 3.05) is 18.6 Å². The van der Waals surface area contributed by atoms with E-state index in [2.05, 4.69) is 5.10 Å². The minimum absolute atomic E-state index is 0.0142. The molecule has 0 radical (unpaired) electrons. The third kappa shape index (κ3) is 4.24. The second kappa shape index (κ2) is 9.49. The zero-order valence-corrected chi connectivity index (χ0v) is 19.3. The number of ether oxygens (including phenoxy) is 2. The monoisotopic (exact) mass is 498 g/mol. The third-order valence-corrected chi connectivity index (χ3v) is 7.14. The second-order valence-corrected chi connectivity index (χ2v) is 9.21. The van der Waals surface area contributed by atoms with Gasteiger partial charge in [-0.3, -0.25) is 9.48 Å². The quantitative estimate of drug-likeness (QED) is 0.532. The SMILES string of the molecule is CO[C@H]1CO[C@H](c2c(N3C(C(N)=O)=C(N)SC3c3cc(F)cc(F)c3F)cnn2C)CC[C@H]1N. The Morgan fingerprint density at radius 1 is 1.29 bits per heavy atom. The van der Waals surface area contributed by atoms with Crippen LogP contribution in [0.3, 0.4) is 0 Å². The van der Waals surface area contributed by atoms with Crippen molar-refractivity contribution in [3.05, 3.63) is 57.8 Å². The summed E-state index contributed by atoms with van der Waals surface area (Å²) in [5.41, 5.74) is 18.3. The lowest BCUT2D eigenvalue weighted by Gasteiger charge is -2.29. The van der Waals surface area contributed by atoms with Crippen molar-refractivity contribution in [3.63, 3.8) is 0 Å².